The van der Waals surface area contributed by atoms with Gasteiger partial charge >= 0.3 is 0 Å². The van der Waals surface area contributed by atoms with Crippen LogP contribution in [0.15, 0.2) is 71.6 Å². The van der Waals surface area contributed by atoms with Crippen molar-refractivity contribution in [2.75, 3.05) is 18.0 Å². The van der Waals surface area contributed by atoms with Gasteiger partial charge in [0.2, 0.25) is 6.23 Å². The number of pyridine rings is 1. The summed E-state index contributed by atoms with van der Waals surface area (Å²) in [5.41, 5.74) is 4.15. The van der Waals surface area contributed by atoms with E-state index in [1.165, 1.54) is 0 Å². The number of piperidine rings is 1. The van der Waals surface area contributed by atoms with Crippen LogP contribution in [0.3, 0.4) is 0 Å². The Hall–Kier alpha value is -3.61. The molecule has 0 amide bonds. The quantitative estimate of drug-likeness (QED) is 0.580. The monoisotopic (exact) mass is 428 g/mol. The SMILES string of the molecule is C/C=C\C(=C/C)C1=NOC(C2CCN(c3cc(-c4n[nH]c5ccccc45)ccn3)CC2)N1. The van der Waals surface area contributed by atoms with E-state index >= 15 is 0 Å². The van der Waals surface area contributed by atoms with Crippen molar-refractivity contribution in [3.63, 3.8) is 0 Å². The number of allylic oxidation sites excluding steroid dienone is 2. The molecule has 0 bridgehead atoms. The number of rotatable bonds is 5. The number of aromatic nitrogens is 3. The molecule has 2 aliphatic rings. The van der Waals surface area contributed by atoms with E-state index in [0.717, 1.165) is 65.3 Å². The summed E-state index contributed by atoms with van der Waals surface area (Å²) in [7, 11) is 0. The van der Waals surface area contributed by atoms with E-state index in [-0.39, 0.29) is 6.23 Å². The number of fused-ring (bicyclic) bond motifs is 1. The standard InChI is InChI=1S/C25H28N6O/c1-3-7-17(4-2)24-27-25(32-30-24)18-11-14-31(15-12-18)22-16-19(10-13-26-22)23-20-8-5-6-9-21(20)28-29-23/h3-10,13,16,18,25H,11-12,14-15H2,1-2H3,(H,27,30)(H,28,29)/b7-3-,17-4+. The molecular weight excluding hydrogens is 400 g/mol. The molecular formula is C25H28N6O. The first-order chi connectivity index (χ1) is 15.8. The average molecular weight is 429 g/mol. The first-order valence-corrected chi connectivity index (χ1v) is 11.2. The lowest BCUT2D eigenvalue weighted by Crippen LogP contribution is -2.43. The minimum Gasteiger partial charge on any atom is -0.368 e. The summed E-state index contributed by atoms with van der Waals surface area (Å²) < 4.78 is 0. The molecule has 1 saturated heterocycles. The van der Waals surface area contributed by atoms with E-state index in [1.807, 2.05) is 62.5 Å². The highest BCUT2D eigenvalue weighted by molar-refractivity contribution is 6.01. The molecule has 1 unspecified atom stereocenters. The van der Waals surface area contributed by atoms with Gasteiger partial charge < -0.3 is 15.1 Å². The molecule has 0 aliphatic carbocycles. The molecule has 1 fully saturated rings. The number of H-pyrrole nitrogens is 1. The van der Waals surface area contributed by atoms with Crippen LogP contribution in [0.5, 0.6) is 0 Å². The highest BCUT2D eigenvalue weighted by atomic mass is 16.7. The molecule has 0 radical (unpaired) electrons. The maximum absolute atomic E-state index is 5.74. The zero-order chi connectivity index (χ0) is 21.9. The Bertz CT molecular complexity index is 1190. The van der Waals surface area contributed by atoms with Gasteiger partial charge in [-0.05, 0) is 44.9 Å². The smallest absolute Gasteiger partial charge is 0.201 e. The van der Waals surface area contributed by atoms with Crippen LogP contribution in [-0.4, -0.2) is 40.3 Å². The van der Waals surface area contributed by atoms with Gasteiger partial charge in [-0.2, -0.15) is 5.10 Å². The minimum absolute atomic E-state index is 0.0675. The Morgan fingerprint density at radius 2 is 2.00 bits per heavy atom. The van der Waals surface area contributed by atoms with Crippen molar-refractivity contribution >= 4 is 22.6 Å². The van der Waals surface area contributed by atoms with Crippen LogP contribution in [0.2, 0.25) is 0 Å². The van der Waals surface area contributed by atoms with Crippen LogP contribution >= 0.6 is 0 Å². The number of para-hydroxylation sites is 1. The predicted octanol–water partition coefficient (Wildman–Crippen LogP) is 4.62. The third-order valence-electron chi connectivity index (χ3n) is 6.25. The van der Waals surface area contributed by atoms with E-state index in [9.17, 15) is 0 Å². The number of hydrogen-bond acceptors (Lipinski definition) is 6. The van der Waals surface area contributed by atoms with E-state index in [1.54, 1.807) is 0 Å². The molecule has 32 heavy (non-hydrogen) atoms. The highest BCUT2D eigenvalue weighted by Crippen LogP contribution is 2.31. The zero-order valence-corrected chi connectivity index (χ0v) is 18.5. The number of hydrogen-bond donors (Lipinski definition) is 2. The second-order valence-corrected chi connectivity index (χ2v) is 8.20. The van der Waals surface area contributed by atoms with Crippen LogP contribution in [0.1, 0.15) is 26.7 Å². The minimum atomic E-state index is -0.0675. The van der Waals surface area contributed by atoms with Gasteiger partial charge in [0.25, 0.3) is 0 Å². The summed E-state index contributed by atoms with van der Waals surface area (Å²) in [6, 6.07) is 12.4. The van der Waals surface area contributed by atoms with Crippen molar-refractivity contribution in [2.45, 2.75) is 32.9 Å². The van der Waals surface area contributed by atoms with E-state index in [2.05, 4.69) is 42.7 Å². The van der Waals surface area contributed by atoms with Crippen molar-refractivity contribution in [3.05, 3.63) is 66.4 Å². The summed E-state index contributed by atoms with van der Waals surface area (Å²) in [4.78, 5) is 12.7. The normalized spacial score (nSPS) is 19.9. The summed E-state index contributed by atoms with van der Waals surface area (Å²) >= 11 is 0. The third-order valence-corrected chi connectivity index (χ3v) is 6.25. The molecule has 164 valence electrons. The molecule has 4 heterocycles. The molecule has 2 aliphatic heterocycles. The topological polar surface area (TPSA) is 78.4 Å². The second kappa shape index (κ2) is 8.86. The number of nitrogens with one attached hydrogen (secondary N) is 2. The zero-order valence-electron chi connectivity index (χ0n) is 18.5. The van der Waals surface area contributed by atoms with Crippen LogP contribution in [0, 0.1) is 5.92 Å². The molecule has 5 rings (SSSR count). The van der Waals surface area contributed by atoms with Gasteiger partial charge in [0.15, 0.2) is 5.84 Å². The van der Waals surface area contributed by atoms with Crippen molar-refractivity contribution in [2.24, 2.45) is 11.1 Å². The Morgan fingerprint density at radius 1 is 1.16 bits per heavy atom. The maximum atomic E-state index is 5.74. The largest absolute Gasteiger partial charge is 0.368 e. The second-order valence-electron chi connectivity index (χ2n) is 8.20. The Kier molecular flexibility index (Phi) is 5.62. The molecule has 2 aromatic heterocycles. The molecule has 0 spiro atoms. The number of benzene rings is 1. The van der Waals surface area contributed by atoms with Crippen LogP contribution in [0.25, 0.3) is 22.2 Å². The summed E-state index contributed by atoms with van der Waals surface area (Å²) in [6.07, 6.45) is 9.95. The highest BCUT2D eigenvalue weighted by Gasteiger charge is 2.32. The van der Waals surface area contributed by atoms with Gasteiger partial charge in [-0.1, -0.05) is 41.6 Å². The van der Waals surface area contributed by atoms with Gasteiger partial charge in [0.05, 0.1) is 5.52 Å². The lowest BCUT2D eigenvalue weighted by molar-refractivity contribution is 0.0191. The number of aromatic amines is 1. The number of nitrogens with zero attached hydrogens (tertiary/aromatic N) is 4. The average Bonchev–Trinajstić information content (AvgIpc) is 3.50. The summed E-state index contributed by atoms with van der Waals surface area (Å²) in [5, 5.41) is 16.5. The van der Waals surface area contributed by atoms with Gasteiger partial charge in [0, 0.05) is 41.7 Å². The van der Waals surface area contributed by atoms with Crippen molar-refractivity contribution in [1.29, 1.82) is 0 Å². The lowest BCUT2D eigenvalue weighted by Gasteiger charge is -2.34. The van der Waals surface area contributed by atoms with Gasteiger partial charge in [-0.15, -0.1) is 0 Å². The molecule has 7 heteroatoms. The molecule has 3 aromatic rings. The molecule has 1 atom stereocenters. The van der Waals surface area contributed by atoms with Crippen LogP contribution < -0.4 is 10.2 Å². The Labute approximate surface area is 187 Å². The summed E-state index contributed by atoms with van der Waals surface area (Å²) in [6.45, 7) is 5.89. The van der Waals surface area contributed by atoms with Gasteiger partial charge in [-0.3, -0.25) is 5.10 Å². The maximum Gasteiger partial charge on any atom is 0.201 e. The fourth-order valence-corrected chi connectivity index (χ4v) is 4.48. The van der Waals surface area contributed by atoms with Crippen molar-refractivity contribution in [1.82, 2.24) is 20.5 Å². The van der Waals surface area contributed by atoms with Gasteiger partial charge in [0.1, 0.15) is 11.5 Å². The molecule has 0 saturated carbocycles. The van der Waals surface area contributed by atoms with Crippen molar-refractivity contribution in [3.8, 4) is 11.3 Å². The number of amidine groups is 1. The predicted molar refractivity (Wildman–Crippen MR) is 128 cm³/mol. The molecule has 2 N–H and O–H groups in total. The fourth-order valence-electron chi connectivity index (χ4n) is 4.48. The first-order valence-electron chi connectivity index (χ1n) is 11.2. The van der Waals surface area contributed by atoms with Gasteiger partial charge in [-0.25, -0.2) is 4.98 Å². The number of oxime groups is 1. The van der Waals surface area contributed by atoms with Crippen molar-refractivity contribution < 1.29 is 4.84 Å². The lowest BCUT2D eigenvalue weighted by atomic mass is 9.94. The van der Waals surface area contributed by atoms with Crippen LogP contribution in [-0.2, 0) is 4.84 Å². The Morgan fingerprint density at radius 3 is 2.81 bits per heavy atom. The molecule has 7 nitrogen and oxygen atoms in total. The van der Waals surface area contributed by atoms with E-state index < -0.39 is 0 Å². The third kappa shape index (κ3) is 3.86. The first kappa shape index (κ1) is 20.3. The van der Waals surface area contributed by atoms with Crippen LogP contribution in [0.4, 0.5) is 5.82 Å². The molecule has 1 aromatic carbocycles. The Balaban J connectivity index is 1.24. The fraction of sp³-hybridized carbons (Fsp3) is 0.320. The number of anilines is 1. The van der Waals surface area contributed by atoms with E-state index in [0.29, 0.717) is 5.92 Å². The summed E-state index contributed by atoms with van der Waals surface area (Å²) in [5.74, 6) is 2.22. The van der Waals surface area contributed by atoms with E-state index in [4.69, 9.17) is 4.84 Å².